The van der Waals surface area contributed by atoms with Crippen LogP contribution < -0.4 is 5.73 Å². The van der Waals surface area contributed by atoms with Crippen LogP contribution >= 0.6 is 22.6 Å². The highest BCUT2D eigenvalue weighted by Gasteiger charge is 2.18. The van der Waals surface area contributed by atoms with E-state index in [1.807, 2.05) is 13.8 Å². The Morgan fingerprint density at radius 3 is 1.57 bits per heavy atom. The zero-order valence-electron chi connectivity index (χ0n) is 9.26. The topological polar surface area (TPSA) is 26.0 Å². The van der Waals surface area contributed by atoms with Crippen molar-refractivity contribution in [2.24, 2.45) is 5.73 Å². The quantitative estimate of drug-likeness (QED) is 0.656. The molecule has 0 spiro atoms. The minimum absolute atomic E-state index is 0.190. The summed E-state index contributed by atoms with van der Waals surface area (Å²) >= 11 is 2.44. The highest BCUT2D eigenvalue weighted by Crippen LogP contribution is 2.31. The summed E-state index contributed by atoms with van der Waals surface area (Å²) in [5, 5.41) is 0. The molecule has 1 rings (SSSR count). The standard InChI is InChI=1S/C12H18IN/c1-11(2,13)9-5-7-10(8-6-9)12(3,4)14/h5-8H,14H2,1-4H3. The number of benzene rings is 1. The molecule has 2 heteroatoms. The van der Waals surface area contributed by atoms with Gasteiger partial charge in [-0.15, -0.1) is 0 Å². The molecule has 0 aliphatic heterocycles. The average Bonchev–Trinajstić information content (AvgIpc) is 2.01. The molecular weight excluding hydrogens is 285 g/mol. The van der Waals surface area contributed by atoms with Gasteiger partial charge in [0, 0.05) is 8.96 Å². The lowest BCUT2D eigenvalue weighted by molar-refractivity contribution is 0.554. The Labute approximate surface area is 100 Å². The highest BCUT2D eigenvalue weighted by atomic mass is 127. The largest absolute Gasteiger partial charge is 0.322 e. The molecule has 2 N–H and O–H groups in total. The Balaban J connectivity index is 3.02. The highest BCUT2D eigenvalue weighted by molar-refractivity contribution is 14.1. The Morgan fingerprint density at radius 2 is 1.29 bits per heavy atom. The van der Waals surface area contributed by atoms with Gasteiger partial charge in [0.05, 0.1) is 0 Å². The molecule has 0 amide bonds. The summed E-state index contributed by atoms with van der Waals surface area (Å²) in [5.74, 6) is 0. The Morgan fingerprint density at radius 1 is 0.929 bits per heavy atom. The lowest BCUT2D eigenvalue weighted by Crippen LogP contribution is -2.28. The monoisotopic (exact) mass is 303 g/mol. The van der Waals surface area contributed by atoms with E-state index in [1.165, 1.54) is 11.1 Å². The molecule has 1 aromatic carbocycles. The summed E-state index contributed by atoms with van der Waals surface area (Å²) in [6.45, 7) is 8.46. The fraction of sp³-hybridized carbons (Fsp3) is 0.500. The zero-order valence-corrected chi connectivity index (χ0v) is 11.4. The summed E-state index contributed by atoms with van der Waals surface area (Å²) in [6, 6.07) is 8.57. The van der Waals surface area contributed by atoms with E-state index >= 15 is 0 Å². The SMILES string of the molecule is CC(C)(N)c1ccc(C(C)(C)I)cc1. The smallest absolute Gasteiger partial charge is 0.0414 e. The summed E-state index contributed by atoms with van der Waals surface area (Å²) < 4.78 is 0.190. The third-order valence-corrected chi connectivity index (χ3v) is 2.94. The molecule has 1 aromatic rings. The minimum Gasteiger partial charge on any atom is -0.322 e. The van der Waals surface area contributed by atoms with Gasteiger partial charge < -0.3 is 5.73 Å². The maximum absolute atomic E-state index is 6.01. The van der Waals surface area contributed by atoms with Crippen molar-refractivity contribution in [3.8, 4) is 0 Å². The Hall–Kier alpha value is -0.0900. The predicted octanol–water partition coefficient (Wildman–Crippen LogP) is 3.55. The Kier molecular flexibility index (Phi) is 3.26. The van der Waals surface area contributed by atoms with Gasteiger partial charge in [-0.05, 0) is 38.8 Å². The molecule has 0 heterocycles. The van der Waals surface area contributed by atoms with Crippen molar-refractivity contribution in [3.63, 3.8) is 0 Å². The second kappa shape index (κ2) is 3.81. The molecule has 1 nitrogen and oxygen atoms in total. The summed E-state index contributed by atoms with van der Waals surface area (Å²) in [5.41, 5.74) is 8.29. The second-order valence-corrected chi connectivity index (χ2v) is 7.47. The van der Waals surface area contributed by atoms with Gasteiger partial charge in [-0.1, -0.05) is 46.9 Å². The van der Waals surface area contributed by atoms with Crippen molar-refractivity contribution in [2.75, 3.05) is 0 Å². The van der Waals surface area contributed by atoms with Crippen LogP contribution in [0.5, 0.6) is 0 Å². The first-order chi connectivity index (χ1) is 6.21. The fourth-order valence-electron chi connectivity index (χ4n) is 1.30. The van der Waals surface area contributed by atoms with Crippen LogP contribution in [0, 0.1) is 0 Å². The van der Waals surface area contributed by atoms with Crippen LogP contribution in [0.3, 0.4) is 0 Å². The number of halogens is 1. The van der Waals surface area contributed by atoms with E-state index in [0.717, 1.165) is 0 Å². The van der Waals surface area contributed by atoms with Crippen molar-refractivity contribution in [1.82, 2.24) is 0 Å². The lowest BCUT2D eigenvalue weighted by atomic mass is 9.93. The van der Waals surface area contributed by atoms with E-state index in [2.05, 4.69) is 60.7 Å². The van der Waals surface area contributed by atoms with Crippen LogP contribution in [0.15, 0.2) is 24.3 Å². The minimum atomic E-state index is -0.242. The summed E-state index contributed by atoms with van der Waals surface area (Å²) in [7, 11) is 0. The van der Waals surface area contributed by atoms with Gasteiger partial charge in [0.2, 0.25) is 0 Å². The third kappa shape index (κ3) is 2.95. The summed E-state index contributed by atoms with van der Waals surface area (Å²) in [4.78, 5) is 0. The van der Waals surface area contributed by atoms with Gasteiger partial charge >= 0.3 is 0 Å². The molecular formula is C12H18IN. The van der Waals surface area contributed by atoms with Gasteiger partial charge in [-0.25, -0.2) is 0 Å². The molecule has 0 fully saturated rings. The van der Waals surface area contributed by atoms with Crippen molar-refractivity contribution in [1.29, 1.82) is 0 Å². The molecule has 0 saturated heterocycles. The molecule has 0 atom stereocenters. The van der Waals surface area contributed by atoms with Crippen LogP contribution in [-0.2, 0) is 8.96 Å². The van der Waals surface area contributed by atoms with Crippen LogP contribution in [0.4, 0.5) is 0 Å². The fourth-order valence-corrected chi connectivity index (χ4v) is 1.66. The third-order valence-electron chi connectivity index (χ3n) is 2.32. The predicted molar refractivity (Wildman–Crippen MR) is 70.7 cm³/mol. The maximum atomic E-state index is 6.01. The normalized spacial score (nSPS) is 13.0. The molecule has 78 valence electrons. The van der Waals surface area contributed by atoms with E-state index in [-0.39, 0.29) is 8.96 Å². The van der Waals surface area contributed by atoms with E-state index in [1.54, 1.807) is 0 Å². The van der Waals surface area contributed by atoms with E-state index in [0.29, 0.717) is 0 Å². The van der Waals surface area contributed by atoms with Gasteiger partial charge in [0.1, 0.15) is 0 Å². The van der Waals surface area contributed by atoms with E-state index < -0.39 is 0 Å². The van der Waals surface area contributed by atoms with Crippen molar-refractivity contribution < 1.29 is 0 Å². The molecule has 0 bridgehead atoms. The van der Waals surface area contributed by atoms with Gasteiger partial charge in [0.25, 0.3) is 0 Å². The first-order valence-electron chi connectivity index (χ1n) is 4.80. The molecule has 0 radical (unpaired) electrons. The number of nitrogens with two attached hydrogens (primary N) is 1. The number of hydrogen-bond donors (Lipinski definition) is 1. The van der Waals surface area contributed by atoms with Crippen LogP contribution in [0.1, 0.15) is 38.8 Å². The van der Waals surface area contributed by atoms with Crippen LogP contribution in [0.2, 0.25) is 0 Å². The summed E-state index contributed by atoms with van der Waals surface area (Å²) in [6.07, 6.45) is 0. The lowest BCUT2D eigenvalue weighted by Gasteiger charge is -2.22. The number of hydrogen-bond acceptors (Lipinski definition) is 1. The van der Waals surface area contributed by atoms with Crippen LogP contribution in [0.25, 0.3) is 0 Å². The molecule has 0 unspecified atom stereocenters. The van der Waals surface area contributed by atoms with Crippen LogP contribution in [-0.4, -0.2) is 0 Å². The number of rotatable bonds is 2. The second-order valence-electron chi connectivity index (χ2n) is 4.77. The van der Waals surface area contributed by atoms with Gasteiger partial charge in [0.15, 0.2) is 0 Å². The van der Waals surface area contributed by atoms with Gasteiger partial charge in [-0.3, -0.25) is 0 Å². The van der Waals surface area contributed by atoms with Crippen molar-refractivity contribution in [3.05, 3.63) is 35.4 Å². The van der Waals surface area contributed by atoms with Crippen molar-refractivity contribution in [2.45, 2.75) is 36.7 Å². The molecule has 0 aliphatic rings. The Bertz CT molecular complexity index is 268. The van der Waals surface area contributed by atoms with E-state index in [4.69, 9.17) is 5.73 Å². The van der Waals surface area contributed by atoms with Gasteiger partial charge in [-0.2, -0.15) is 0 Å². The molecule has 0 aromatic heterocycles. The molecule has 0 saturated carbocycles. The number of alkyl halides is 1. The first-order valence-corrected chi connectivity index (χ1v) is 5.88. The van der Waals surface area contributed by atoms with Crippen molar-refractivity contribution >= 4 is 22.6 Å². The molecule has 14 heavy (non-hydrogen) atoms. The average molecular weight is 303 g/mol. The first kappa shape index (κ1) is 12.0. The van der Waals surface area contributed by atoms with E-state index in [9.17, 15) is 0 Å². The zero-order chi connectivity index (χ0) is 11.0. The molecule has 0 aliphatic carbocycles. The maximum Gasteiger partial charge on any atom is 0.0414 e.